The number of hydrogen-bond acceptors (Lipinski definition) is 4. The molecule has 2 atom stereocenters. The van der Waals surface area contributed by atoms with Crippen LogP contribution in [0.1, 0.15) is 28.4 Å². The monoisotopic (exact) mass is 333 g/mol. The molecule has 1 fully saturated rings. The topological polar surface area (TPSA) is 59.8 Å². The van der Waals surface area contributed by atoms with Gasteiger partial charge in [0.25, 0.3) is 0 Å². The predicted octanol–water partition coefficient (Wildman–Crippen LogP) is 3.31. The van der Waals surface area contributed by atoms with Crippen LogP contribution in [0.4, 0.5) is 0 Å². The highest BCUT2D eigenvalue weighted by molar-refractivity contribution is 6.30. The first-order valence-corrected chi connectivity index (χ1v) is 7.64. The van der Waals surface area contributed by atoms with Crippen molar-refractivity contribution in [3.63, 3.8) is 0 Å². The second kappa shape index (κ2) is 6.46. The van der Waals surface area contributed by atoms with Crippen LogP contribution in [0.15, 0.2) is 47.3 Å². The smallest absolute Gasteiger partial charge is 0.341 e. The van der Waals surface area contributed by atoms with E-state index in [-0.39, 0.29) is 24.5 Å². The second-order valence-corrected chi connectivity index (χ2v) is 6.02. The lowest BCUT2D eigenvalue weighted by Crippen LogP contribution is -2.26. The maximum atomic E-state index is 12.1. The van der Waals surface area contributed by atoms with E-state index in [1.54, 1.807) is 24.1 Å². The van der Waals surface area contributed by atoms with E-state index < -0.39 is 5.97 Å². The van der Waals surface area contributed by atoms with Crippen LogP contribution < -0.4 is 0 Å². The highest BCUT2D eigenvalue weighted by Gasteiger charge is 2.39. The summed E-state index contributed by atoms with van der Waals surface area (Å²) in [6.07, 6.45) is 3.09. The number of rotatable bonds is 4. The van der Waals surface area contributed by atoms with Crippen LogP contribution in [0.3, 0.4) is 0 Å². The molecule has 0 aliphatic carbocycles. The number of carbonyl (C=O) groups excluding carboxylic acids is 2. The minimum Gasteiger partial charge on any atom is -0.472 e. The van der Waals surface area contributed by atoms with Gasteiger partial charge in [0.05, 0.1) is 24.5 Å². The van der Waals surface area contributed by atoms with E-state index in [4.69, 9.17) is 20.8 Å². The van der Waals surface area contributed by atoms with Crippen molar-refractivity contribution in [2.75, 3.05) is 13.7 Å². The first-order chi connectivity index (χ1) is 11.1. The molecule has 120 valence electrons. The van der Waals surface area contributed by atoms with E-state index in [0.717, 1.165) is 5.56 Å². The minimum atomic E-state index is -0.453. The summed E-state index contributed by atoms with van der Waals surface area (Å²) in [5, 5.41) is 0.615. The molecule has 0 radical (unpaired) electrons. The summed E-state index contributed by atoms with van der Waals surface area (Å²) < 4.78 is 10.2. The Kier molecular flexibility index (Phi) is 4.39. The fraction of sp³-hybridized carbons (Fsp3) is 0.294. The van der Waals surface area contributed by atoms with Gasteiger partial charge in [0.2, 0.25) is 5.91 Å². The molecule has 1 aromatic heterocycles. The molecule has 23 heavy (non-hydrogen) atoms. The summed E-state index contributed by atoms with van der Waals surface area (Å²) in [4.78, 5) is 25.7. The van der Waals surface area contributed by atoms with Crippen LogP contribution in [-0.4, -0.2) is 30.4 Å². The van der Waals surface area contributed by atoms with E-state index in [2.05, 4.69) is 0 Å². The Labute approximate surface area is 138 Å². The van der Waals surface area contributed by atoms with Gasteiger partial charge >= 0.3 is 5.97 Å². The molecule has 1 aliphatic rings. The van der Waals surface area contributed by atoms with E-state index in [0.29, 0.717) is 17.0 Å². The Morgan fingerprint density at radius 2 is 2.26 bits per heavy atom. The van der Waals surface area contributed by atoms with Crippen molar-refractivity contribution in [2.45, 2.75) is 12.5 Å². The number of halogens is 1. The number of ether oxygens (including phenoxy) is 1. The number of carbonyl (C=O) groups is 2. The zero-order chi connectivity index (χ0) is 16.4. The molecule has 1 aliphatic heterocycles. The fourth-order valence-corrected chi connectivity index (χ4v) is 3.13. The number of benzene rings is 1. The van der Waals surface area contributed by atoms with Gasteiger partial charge in [-0.2, -0.15) is 0 Å². The summed E-state index contributed by atoms with van der Waals surface area (Å²) in [5.41, 5.74) is 1.30. The average molecular weight is 334 g/mol. The van der Waals surface area contributed by atoms with Crippen molar-refractivity contribution in [1.82, 2.24) is 4.90 Å². The molecule has 1 amide bonds. The molecule has 0 N–H and O–H groups in total. The Balaban J connectivity index is 1.74. The van der Waals surface area contributed by atoms with Gasteiger partial charge in [0.1, 0.15) is 6.26 Å². The van der Waals surface area contributed by atoms with Gasteiger partial charge in [-0.15, -0.1) is 0 Å². The highest BCUT2D eigenvalue weighted by Crippen LogP contribution is 2.37. The predicted molar refractivity (Wildman–Crippen MR) is 84.1 cm³/mol. The largest absolute Gasteiger partial charge is 0.472 e. The zero-order valence-electron chi connectivity index (χ0n) is 12.6. The average Bonchev–Trinajstić information content (AvgIpc) is 3.14. The van der Waals surface area contributed by atoms with Gasteiger partial charge in [0.15, 0.2) is 0 Å². The Hall–Kier alpha value is -2.27. The van der Waals surface area contributed by atoms with E-state index in [9.17, 15) is 9.59 Å². The second-order valence-electron chi connectivity index (χ2n) is 5.58. The van der Waals surface area contributed by atoms with Crippen molar-refractivity contribution in [2.24, 2.45) is 5.92 Å². The van der Waals surface area contributed by atoms with Crippen LogP contribution >= 0.6 is 11.6 Å². The SMILES string of the molecule is CN1C(=O)C[C@@H](COC(=O)c2ccoc2)[C@H]1c1cccc(Cl)c1. The number of esters is 1. The molecule has 2 heterocycles. The Morgan fingerprint density at radius 3 is 2.96 bits per heavy atom. The molecule has 6 heteroatoms. The van der Waals surface area contributed by atoms with Gasteiger partial charge in [-0.3, -0.25) is 4.79 Å². The standard InChI is InChI=1S/C17H16ClNO4/c1-19-15(20)8-13(10-23-17(21)12-5-6-22-9-12)16(19)11-3-2-4-14(18)7-11/h2-7,9,13,16H,8,10H2,1H3/t13-,16+/m0/s1. The van der Waals surface area contributed by atoms with Crippen molar-refractivity contribution < 1.29 is 18.7 Å². The summed E-state index contributed by atoms with van der Waals surface area (Å²) >= 11 is 6.05. The van der Waals surface area contributed by atoms with Crippen molar-refractivity contribution >= 4 is 23.5 Å². The third kappa shape index (κ3) is 3.24. The third-order valence-electron chi connectivity index (χ3n) is 4.07. The lowest BCUT2D eigenvalue weighted by Gasteiger charge is -2.25. The molecule has 0 spiro atoms. The van der Waals surface area contributed by atoms with Crippen LogP contribution in [0.25, 0.3) is 0 Å². The molecule has 5 nitrogen and oxygen atoms in total. The van der Waals surface area contributed by atoms with Gasteiger partial charge in [-0.25, -0.2) is 4.79 Å². The molecule has 2 aromatic rings. The third-order valence-corrected chi connectivity index (χ3v) is 4.30. The van der Waals surface area contributed by atoms with Crippen LogP contribution in [-0.2, 0) is 9.53 Å². The first kappa shape index (κ1) is 15.6. The highest BCUT2D eigenvalue weighted by atomic mass is 35.5. The molecule has 1 saturated heterocycles. The van der Waals surface area contributed by atoms with E-state index in [1.807, 2.05) is 18.2 Å². The molecular formula is C17H16ClNO4. The molecule has 3 rings (SSSR count). The normalized spacial score (nSPS) is 20.8. The molecule has 0 saturated carbocycles. The lowest BCUT2D eigenvalue weighted by atomic mass is 9.94. The van der Waals surface area contributed by atoms with Crippen molar-refractivity contribution in [3.8, 4) is 0 Å². The number of likely N-dealkylation sites (tertiary alicyclic amines) is 1. The van der Waals surface area contributed by atoms with Crippen molar-refractivity contribution in [1.29, 1.82) is 0 Å². The molecule has 0 bridgehead atoms. The summed E-state index contributed by atoms with van der Waals surface area (Å²) in [7, 11) is 1.76. The van der Waals surface area contributed by atoms with Gasteiger partial charge in [-0.05, 0) is 23.8 Å². The number of nitrogens with zero attached hydrogens (tertiary/aromatic N) is 1. The molecular weight excluding hydrogens is 318 g/mol. The maximum absolute atomic E-state index is 12.1. The number of furan rings is 1. The van der Waals surface area contributed by atoms with Gasteiger partial charge in [-0.1, -0.05) is 23.7 Å². The van der Waals surface area contributed by atoms with Crippen LogP contribution in [0.5, 0.6) is 0 Å². The lowest BCUT2D eigenvalue weighted by molar-refractivity contribution is -0.127. The number of hydrogen-bond donors (Lipinski definition) is 0. The van der Waals surface area contributed by atoms with Crippen molar-refractivity contribution in [3.05, 3.63) is 59.0 Å². The fourth-order valence-electron chi connectivity index (χ4n) is 2.93. The quantitative estimate of drug-likeness (QED) is 0.805. The Bertz CT molecular complexity index is 713. The minimum absolute atomic E-state index is 0.0272. The van der Waals surface area contributed by atoms with Gasteiger partial charge in [0, 0.05) is 24.4 Å². The summed E-state index contributed by atoms with van der Waals surface area (Å²) in [6, 6.07) is 8.79. The maximum Gasteiger partial charge on any atom is 0.341 e. The summed E-state index contributed by atoms with van der Waals surface area (Å²) in [5.74, 6) is -0.535. The Morgan fingerprint density at radius 1 is 1.43 bits per heavy atom. The van der Waals surface area contributed by atoms with Crippen LogP contribution in [0.2, 0.25) is 5.02 Å². The number of amides is 1. The summed E-state index contributed by atoms with van der Waals surface area (Å²) in [6.45, 7) is 0.164. The molecule has 0 unspecified atom stereocenters. The first-order valence-electron chi connectivity index (χ1n) is 7.26. The van der Waals surface area contributed by atoms with Gasteiger partial charge < -0.3 is 14.1 Å². The zero-order valence-corrected chi connectivity index (χ0v) is 13.3. The van der Waals surface area contributed by atoms with Crippen LogP contribution in [0, 0.1) is 5.92 Å². The van der Waals surface area contributed by atoms with E-state index in [1.165, 1.54) is 12.5 Å². The van der Waals surface area contributed by atoms with E-state index >= 15 is 0 Å². The molecule has 1 aromatic carbocycles.